The minimum atomic E-state index is 0.866. The molecule has 2 rings (SSSR count). The molecule has 0 aliphatic carbocycles. The lowest BCUT2D eigenvalue weighted by molar-refractivity contribution is 0.408. The smallest absolute Gasteiger partial charge is 0.123 e. The molecule has 0 saturated carbocycles. The molecule has 2 aromatic rings. The zero-order valence-corrected chi connectivity index (χ0v) is 11.2. The molecule has 18 heavy (non-hydrogen) atoms. The Labute approximate surface area is 109 Å². The van der Waals surface area contributed by atoms with Crippen LogP contribution < -0.4 is 10.1 Å². The first kappa shape index (κ1) is 12.9. The molecule has 0 radical (unpaired) electrons. The minimum absolute atomic E-state index is 0.866. The van der Waals surface area contributed by atoms with Crippen molar-refractivity contribution in [3.63, 3.8) is 0 Å². The number of nitrogens with one attached hydrogen (secondary N) is 1. The number of unbranched alkanes of at least 4 members (excludes halogenated alkanes) is 1. The van der Waals surface area contributed by atoms with Gasteiger partial charge < -0.3 is 10.1 Å². The number of fused-ring (bicyclic) bond motifs is 1. The van der Waals surface area contributed by atoms with E-state index in [2.05, 4.69) is 48.6 Å². The van der Waals surface area contributed by atoms with Gasteiger partial charge in [0.15, 0.2) is 0 Å². The van der Waals surface area contributed by atoms with Crippen LogP contribution >= 0.6 is 0 Å². The van der Waals surface area contributed by atoms with E-state index in [0.29, 0.717) is 0 Å². The van der Waals surface area contributed by atoms with Crippen LogP contribution in [-0.2, 0) is 6.54 Å². The molecule has 0 aliphatic rings. The van der Waals surface area contributed by atoms with Gasteiger partial charge in [-0.15, -0.1) is 0 Å². The standard InChI is InChI=1S/C16H21NO/c1-3-4-11-17-12-15-14-8-6-5-7-13(14)9-10-16(15)18-2/h5-10,17H,3-4,11-12H2,1-2H3. The van der Waals surface area contributed by atoms with E-state index in [4.69, 9.17) is 4.74 Å². The van der Waals surface area contributed by atoms with Crippen molar-refractivity contribution in [2.45, 2.75) is 26.3 Å². The summed E-state index contributed by atoms with van der Waals surface area (Å²) in [5.41, 5.74) is 1.26. The summed E-state index contributed by atoms with van der Waals surface area (Å²) in [6, 6.07) is 12.6. The third kappa shape index (κ3) is 2.82. The van der Waals surface area contributed by atoms with Crippen LogP contribution in [0, 0.1) is 0 Å². The normalized spacial score (nSPS) is 10.8. The number of hydrogen-bond donors (Lipinski definition) is 1. The summed E-state index contributed by atoms with van der Waals surface area (Å²) in [6.07, 6.45) is 2.44. The van der Waals surface area contributed by atoms with Crippen LogP contribution in [-0.4, -0.2) is 13.7 Å². The fourth-order valence-corrected chi connectivity index (χ4v) is 2.20. The Balaban J connectivity index is 2.27. The fourth-order valence-electron chi connectivity index (χ4n) is 2.20. The molecular formula is C16H21NO. The molecular weight excluding hydrogens is 222 g/mol. The second-order valence-corrected chi connectivity index (χ2v) is 4.50. The largest absolute Gasteiger partial charge is 0.496 e. The van der Waals surface area contributed by atoms with Gasteiger partial charge in [0.05, 0.1) is 7.11 Å². The highest BCUT2D eigenvalue weighted by atomic mass is 16.5. The average Bonchev–Trinajstić information content (AvgIpc) is 2.43. The summed E-state index contributed by atoms with van der Waals surface area (Å²) >= 11 is 0. The number of methoxy groups -OCH3 is 1. The van der Waals surface area contributed by atoms with E-state index >= 15 is 0 Å². The van der Waals surface area contributed by atoms with Crippen molar-refractivity contribution in [3.05, 3.63) is 42.0 Å². The van der Waals surface area contributed by atoms with Crippen LogP contribution in [0.25, 0.3) is 10.8 Å². The number of benzene rings is 2. The van der Waals surface area contributed by atoms with E-state index in [1.807, 2.05) is 0 Å². The Kier molecular flexibility index (Phi) is 4.59. The van der Waals surface area contributed by atoms with Gasteiger partial charge in [0.2, 0.25) is 0 Å². The fraction of sp³-hybridized carbons (Fsp3) is 0.375. The van der Waals surface area contributed by atoms with Crippen molar-refractivity contribution in [2.75, 3.05) is 13.7 Å². The molecule has 2 nitrogen and oxygen atoms in total. The Hall–Kier alpha value is -1.54. The molecule has 0 saturated heterocycles. The quantitative estimate of drug-likeness (QED) is 0.780. The van der Waals surface area contributed by atoms with Gasteiger partial charge in [0, 0.05) is 12.1 Å². The monoisotopic (exact) mass is 243 g/mol. The first-order valence-electron chi connectivity index (χ1n) is 6.62. The van der Waals surface area contributed by atoms with Crippen molar-refractivity contribution in [2.24, 2.45) is 0 Å². The maximum atomic E-state index is 5.47. The van der Waals surface area contributed by atoms with Gasteiger partial charge in [-0.2, -0.15) is 0 Å². The molecule has 0 spiro atoms. The zero-order valence-electron chi connectivity index (χ0n) is 11.2. The third-order valence-electron chi connectivity index (χ3n) is 3.23. The van der Waals surface area contributed by atoms with Crippen LogP contribution in [0.5, 0.6) is 5.75 Å². The van der Waals surface area contributed by atoms with E-state index in [0.717, 1.165) is 18.8 Å². The maximum Gasteiger partial charge on any atom is 0.123 e. The summed E-state index contributed by atoms with van der Waals surface area (Å²) in [4.78, 5) is 0. The Morgan fingerprint density at radius 2 is 1.94 bits per heavy atom. The van der Waals surface area contributed by atoms with Gasteiger partial charge in [-0.05, 0) is 29.8 Å². The van der Waals surface area contributed by atoms with Crippen LogP contribution in [0.4, 0.5) is 0 Å². The summed E-state index contributed by atoms with van der Waals surface area (Å²) in [5.74, 6) is 0.970. The van der Waals surface area contributed by atoms with Crippen LogP contribution in [0.15, 0.2) is 36.4 Å². The summed E-state index contributed by atoms with van der Waals surface area (Å²) in [6.45, 7) is 4.13. The Morgan fingerprint density at radius 3 is 2.72 bits per heavy atom. The molecule has 2 heteroatoms. The van der Waals surface area contributed by atoms with Gasteiger partial charge in [0.1, 0.15) is 5.75 Å². The molecule has 0 heterocycles. The molecule has 1 N–H and O–H groups in total. The van der Waals surface area contributed by atoms with Gasteiger partial charge >= 0.3 is 0 Å². The van der Waals surface area contributed by atoms with Gasteiger partial charge in [-0.25, -0.2) is 0 Å². The number of hydrogen-bond acceptors (Lipinski definition) is 2. The first-order valence-corrected chi connectivity index (χ1v) is 6.62. The van der Waals surface area contributed by atoms with Crippen molar-refractivity contribution in [3.8, 4) is 5.75 Å². The molecule has 0 unspecified atom stereocenters. The highest BCUT2D eigenvalue weighted by Gasteiger charge is 2.07. The summed E-state index contributed by atoms with van der Waals surface area (Å²) in [7, 11) is 1.74. The highest BCUT2D eigenvalue weighted by Crippen LogP contribution is 2.27. The minimum Gasteiger partial charge on any atom is -0.496 e. The van der Waals surface area contributed by atoms with Crippen LogP contribution in [0.2, 0.25) is 0 Å². The second kappa shape index (κ2) is 6.41. The lowest BCUT2D eigenvalue weighted by Gasteiger charge is -2.12. The molecule has 0 aliphatic heterocycles. The van der Waals surface area contributed by atoms with Crippen molar-refractivity contribution in [1.29, 1.82) is 0 Å². The van der Waals surface area contributed by atoms with Gasteiger partial charge in [0.25, 0.3) is 0 Å². The summed E-state index contributed by atoms with van der Waals surface area (Å²) < 4.78 is 5.47. The SMILES string of the molecule is CCCCNCc1c(OC)ccc2ccccc12. The summed E-state index contributed by atoms with van der Waals surface area (Å²) in [5, 5.41) is 6.04. The van der Waals surface area contributed by atoms with E-state index < -0.39 is 0 Å². The van der Waals surface area contributed by atoms with Gasteiger partial charge in [-0.1, -0.05) is 43.7 Å². The predicted octanol–water partition coefficient (Wildman–Crippen LogP) is 3.74. The Morgan fingerprint density at radius 1 is 1.11 bits per heavy atom. The lowest BCUT2D eigenvalue weighted by Crippen LogP contribution is -2.15. The van der Waals surface area contributed by atoms with Gasteiger partial charge in [-0.3, -0.25) is 0 Å². The average molecular weight is 243 g/mol. The molecule has 0 aromatic heterocycles. The van der Waals surface area contributed by atoms with Crippen molar-refractivity contribution >= 4 is 10.8 Å². The molecule has 2 aromatic carbocycles. The lowest BCUT2D eigenvalue weighted by atomic mass is 10.0. The molecule has 0 fully saturated rings. The second-order valence-electron chi connectivity index (χ2n) is 4.50. The maximum absolute atomic E-state index is 5.47. The Bertz CT molecular complexity index is 507. The topological polar surface area (TPSA) is 21.3 Å². The predicted molar refractivity (Wildman–Crippen MR) is 77.1 cm³/mol. The zero-order chi connectivity index (χ0) is 12.8. The number of rotatable bonds is 6. The molecule has 0 bridgehead atoms. The van der Waals surface area contributed by atoms with Crippen molar-refractivity contribution < 1.29 is 4.74 Å². The highest BCUT2D eigenvalue weighted by molar-refractivity contribution is 5.87. The molecule has 96 valence electrons. The van der Waals surface area contributed by atoms with E-state index in [9.17, 15) is 0 Å². The number of ether oxygens (including phenoxy) is 1. The van der Waals surface area contributed by atoms with Crippen LogP contribution in [0.3, 0.4) is 0 Å². The molecule has 0 amide bonds. The van der Waals surface area contributed by atoms with E-state index in [1.54, 1.807) is 7.11 Å². The molecule has 0 atom stereocenters. The third-order valence-corrected chi connectivity index (χ3v) is 3.23. The first-order chi connectivity index (χ1) is 8.86. The van der Waals surface area contributed by atoms with Crippen molar-refractivity contribution in [1.82, 2.24) is 5.32 Å². The van der Waals surface area contributed by atoms with Crippen LogP contribution in [0.1, 0.15) is 25.3 Å². The van der Waals surface area contributed by atoms with E-state index in [-0.39, 0.29) is 0 Å². The van der Waals surface area contributed by atoms with E-state index in [1.165, 1.54) is 29.2 Å².